The molecule has 18 heavy (non-hydrogen) atoms. The van der Waals surface area contributed by atoms with Crippen LogP contribution in [0.5, 0.6) is 0 Å². The van der Waals surface area contributed by atoms with Gasteiger partial charge in [0.25, 0.3) is 0 Å². The van der Waals surface area contributed by atoms with Crippen molar-refractivity contribution in [3.63, 3.8) is 0 Å². The van der Waals surface area contributed by atoms with Gasteiger partial charge >= 0.3 is 0 Å². The quantitative estimate of drug-likeness (QED) is 0.912. The molecule has 1 aromatic carbocycles. The Kier molecular flexibility index (Phi) is 4.49. The summed E-state index contributed by atoms with van der Waals surface area (Å²) in [6.07, 6.45) is 0.536. The van der Waals surface area contributed by atoms with Gasteiger partial charge in [0.1, 0.15) is 0 Å². The number of hydrogen-bond acceptors (Lipinski definition) is 3. The van der Waals surface area contributed by atoms with Crippen molar-refractivity contribution in [1.29, 1.82) is 0 Å². The Morgan fingerprint density at radius 2 is 2.00 bits per heavy atom. The molecule has 0 aromatic heterocycles. The molecule has 1 fully saturated rings. The number of ether oxygens (including phenoxy) is 1. The molecule has 100 valence electrons. The highest BCUT2D eigenvalue weighted by molar-refractivity contribution is 6.31. The van der Waals surface area contributed by atoms with Crippen LogP contribution >= 0.6 is 11.6 Å². The third-order valence-electron chi connectivity index (χ3n) is 3.19. The number of halogens is 1. The van der Waals surface area contributed by atoms with Gasteiger partial charge in [0, 0.05) is 30.3 Å². The minimum atomic E-state index is 0.268. The number of nitrogens with one attached hydrogen (secondary N) is 1. The Balaban J connectivity index is 2.15. The van der Waals surface area contributed by atoms with E-state index in [9.17, 15) is 0 Å². The van der Waals surface area contributed by atoms with Crippen LogP contribution in [0.25, 0.3) is 0 Å². The fourth-order valence-corrected chi connectivity index (χ4v) is 2.70. The molecule has 0 radical (unpaired) electrons. The second-order valence-corrected chi connectivity index (χ2v) is 5.38. The highest BCUT2D eigenvalue weighted by Crippen LogP contribution is 2.26. The Hall–Kier alpha value is -0.770. The van der Waals surface area contributed by atoms with Crippen molar-refractivity contribution in [2.75, 3.05) is 25.0 Å². The zero-order valence-electron chi connectivity index (χ0n) is 11.2. The van der Waals surface area contributed by atoms with Gasteiger partial charge in [-0.05, 0) is 38.6 Å². The molecule has 2 rings (SSSR count). The van der Waals surface area contributed by atoms with E-state index in [4.69, 9.17) is 16.3 Å². The fourth-order valence-electron chi connectivity index (χ4n) is 2.46. The maximum absolute atomic E-state index is 6.30. The molecule has 1 saturated heterocycles. The van der Waals surface area contributed by atoms with Crippen LogP contribution in [0, 0.1) is 0 Å². The zero-order valence-corrected chi connectivity index (χ0v) is 12.0. The van der Waals surface area contributed by atoms with Crippen molar-refractivity contribution in [3.05, 3.63) is 28.8 Å². The molecule has 1 aliphatic rings. The molecule has 4 heteroatoms. The molecule has 2 unspecified atom stereocenters. The van der Waals surface area contributed by atoms with Crippen LogP contribution in [0.15, 0.2) is 18.2 Å². The Morgan fingerprint density at radius 1 is 1.33 bits per heavy atom. The summed E-state index contributed by atoms with van der Waals surface area (Å²) in [7, 11) is 1.93. The minimum absolute atomic E-state index is 0.268. The molecule has 0 bridgehead atoms. The molecular weight excluding hydrogens is 248 g/mol. The van der Waals surface area contributed by atoms with Crippen molar-refractivity contribution in [2.45, 2.75) is 32.6 Å². The third kappa shape index (κ3) is 3.16. The number of benzene rings is 1. The molecule has 2 atom stereocenters. The van der Waals surface area contributed by atoms with E-state index in [1.165, 1.54) is 5.69 Å². The maximum Gasteiger partial charge on any atom is 0.0726 e. The summed E-state index contributed by atoms with van der Waals surface area (Å²) >= 11 is 6.30. The van der Waals surface area contributed by atoms with Gasteiger partial charge in [-0.3, -0.25) is 0 Å². The third-order valence-corrected chi connectivity index (χ3v) is 3.54. The highest BCUT2D eigenvalue weighted by Gasteiger charge is 2.22. The Labute approximate surface area is 114 Å². The van der Waals surface area contributed by atoms with Crippen molar-refractivity contribution in [3.8, 4) is 0 Å². The van der Waals surface area contributed by atoms with E-state index in [2.05, 4.69) is 42.3 Å². The topological polar surface area (TPSA) is 24.5 Å². The molecule has 0 spiro atoms. The molecule has 1 N–H and O–H groups in total. The first-order valence-corrected chi connectivity index (χ1v) is 6.81. The predicted molar refractivity (Wildman–Crippen MR) is 76.4 cm³/mol. The zero-order chi connectivity index (χ0) is 13.1. The molecule has 0 saturated carbocycles. The monoisotopic (exact) mass is 268 g/mol. The lowest BCUT2D eigenvalue weighted by Gasteiger charge is -2.37. The van der Waals surface area contributed by atoms with E-state index in [1.807, 2.05) is 7.05 Å². The van der Waals surface area contributed by atoms with Gasteiger partial charge in [-0.25, -0.2) is 0 Å². The number of anilines is 1. The molecule has 1 aliphatic heterocycles. The number of hydrogen-bond donors (Lipinski definition) is 1. The summed E-state index contributed by atoms with van der Waals surface area (Å²) in [6, 6.07) is 6.29. The molecule has 0 aliphatic carbocycles. The average molecular weight is 269 g/mol. The van der Waals surface area contributed by atoms with Crippen molar-refractivity contribution in [1.82, 2.24) is 5.32 Å². The summed E-state index contributed by atoms with van der Waals surface area (Å²) in [5.74, 6) is 0. The van der Waals surface area contributed by atoms with E-state index in [1.54, 1.807) is 0 Å². The Bertz CT molecular complexity index is 401. The smallest absolute Gasteiger partial charge is 0.0726 e. The van der Waals surface area contributed by atoms with Crippen LogP contribution in [0.4, 0.5) is 5.69 Å². The first-order chi connectivity index (χ1) is 8.60. The van der Waals surface area contributed by atoms with E-state index < -0.39 is 0 Å². The van der Waals surface area contributed by atoms with Crippen LogP contribution in [-0.2, 0) is 11.3 Å². The molecule has 1 heterocycles. The van der Waals surface area contributed by atoms with E-state index in [-0.39, 0.29) is 12.2 Å². The predicted octanol–water partition coefficient (Wildman–Crippen LogP) is 2.67. The lowest BCUT2D eigenvalue weighted by atomic mass is 10.1. The van der Waals surface area contributed by atoms with E-state index >= 15 is 0 Å². The first-order valence-electron chi connectivity index (χ1n) is 6.43. The second kappa shape index (κ2) is 5.91. The van der Waals surface area contributed by atoms with Gasteiger partial charge in [-0.1, -0.05) is 17.7 Å². The SMILES string of the molecule is CNCc1ccc(N2CC(C)OC(C)C2)cc1Cl. The number of rotatable bonds is 3. The van der Waals surface area contributed by atoms with Crippen LogP contribution in [0.2, 0.25) is 5.02 Å². The highest BCUT2D eigenvalue weighted by atomic mass is 35.5. The molecular formula is C14H21ClN2O. The lowest BCUT2D eigenvalue weighted by Crippen LogP contribution is -2.45. The van der Waals surface area contributed by atoms with Crippen molar-refractivity contribution >= 4 is 17.3 Å². The van der Waals surface area contributed by atoms with Gasteiger partial charge < -0.3 is 15.0 Å². The van der Waals surface area contributed by atoms with Crippen LogP contribution in [-0.4, -0.2) is 32.3 Å². The van der Waals surface area contributed by atoms with Crippen LogP contribution in [0.3, 0.4) is 0 Å². The number of morpholine rings is 1. The summed E-state index contributed by atoms with van der Waals surface area (Å²) in [5, 5.41) is 3.95. The molecule has 3 nitrogen and oxygen atoms in total. The van der Waals surface area contributed by atoms with E-state index in [0.29, 0.717) is 0 Å². The number of nitrogens with zero attached hydrogens (tertiary/aromatic N) is 1. The normalized spacial score (nSPS) is 24.3. The van der Waals surface area contributed by atoms with Gasteiger partial charge in [0.15, 0.2) is 0 Å². The van der Waals surface area contributed by atoms with Gasteiger partial charge in [-0.2, -0.15) is 0 Å². The summed E-state index contributed by atoms with van der Waals surface area (Å²) in [5.41, 5.74) is 2.32. The van der Waals surface area contributed by atoms with Gasteiger partial charge in [0.05, 0.1) is 12.2 Å². The van der Waals surface area contributed by atoms with Crippen LogP contribution < -0.4 is 10.2 Å². The average Bonchev–Trinajstić information content (AvgIpc) is 2.30. The van der Waals surface area contributed by atoms with E-state index in [0.717, 1.165) is 30.2 Å². The minimum Gasteiger partial charge on any atom is -0.372 e. The molecule has 1 aromatic rings. The van der Waals surface area contributed by atoms with Gasteiger partial charge in [0.2, 0.25) is 0 Å². The largest absolute Gasteiger partial charge is 0.372 e. The lowest BCUT2D eigenvalue weighted by molar-refractivity contribution is -0.00521. The summed E-state index contributed by atoms with van der Waals surface area (Å²) in [6.45, 7) is 6.87. The van der Waals surface area contributed by atoms with Crippen LogP contribution in [0.1, 0.15) is 19.4 Å². The fraction of sp³-hybridized carbons (Fsp3) is 0.571. The first kappa shape index (κ1) is 13.7. The van der Waals surface area contributed by atoms with Gasteiger partial charge in [-0.15, -0.1) is 0 Å². The summed E-state index contributed by atoms with van der Waals surface area (Å²) < 4.78 is 5.75. The summed E-state index contributed by atoms with van der Waals surface area (Å²) in [4.78, 5) is 2.34. The molecule has 0 amide bonds. The Morgan fingerprint density at radius 3 is 2.56 bits per heavy atom. The van der Waals surface area contributed by atoms with Crippen molar-refractivity contribution in [2.24, 2.45) is 0 Å². The second-order valence-electron chi connectivity index (χ2n) is 4.97. The van der Waals surface area contributed by atoms with Crippen molar-refractivity contribution < 1.29 is 4.74 Å². The maximum atomic E-state index is 6.30. The standard InChI is InChI=1S/C14H21ClN2O/c1-10-8-17(9-11(2)18-10)13-5-4-12(7-16-3)14(15)6-13/h4-6,10-11,16H,7-9H2,1-3H3.